The number of azo groups is 1. The molecular weight excluding hydrogens is 247 g/mol. The third-order valence-corrected chi connectivity index (χ3v) is 2.53. The minimum Gasteiger partial charge on any atom is -0.298 e. The summed E-state index contributed by atoms with van der Waals surface area (Å²) < 4.78 is 37.4. The van der Waals surface area contributed by atoms with Crippen molar-refractivity contribution in [1.29, 1.82) is 0 Å². The van der Waals surface area contributed by atoms with Crippen LogP contribution in [0.3, 0.4) is 0 Å². The van der Waals surface area contributed by atoms with Gasteiger partial charge in [-0.1, -0.05) is 24.3 Å². The Hall–Kier alpha value is -2.05. The smallest absolute Gasteiger partial charge is 0.298 e. The topological polar surface area (TPSA) is 54.1 Å². The molecule has 0 fully saturated rings. The number of carbonyl (C=O) groups excluding carboxylic acids is 1. The van der Waals surface area contributed by atoms with Crippen LogP contribution >= 0.6 is 0 Å². The highest BCUT2D eigenvalue weighted by atomic mass is 19.4. The highest BCUT2D eigenvalue weighted by Gasteiger charge is 2.46. The zero-order valence-corrected chi connectivity index (χ0v) is 9.27. The Kier molecular flexibility index (Phi) is 2.76. The second kappa shape index (κ2) is 4.01. The van der Waals surface area contributed by atoms with Crippen LogP contribution in [0.2, 0.25) is 0 Å². The van der Waals surface area contributed by atoms with Crippen LogP contribution in [-0.4, -0.2) is 18.3 Å². The number of amidine groups is 1. The van der Waals surface area contributed by atoms with Crippen LogP contribution in [-0.2, 0) is 10.5 Å². The monoisotopic (exact) mass is 255 g/mol. The maximum absolute atomic E-state index is 12.5. The van der Waals surface area contributed by atoms with E-state index < -0.39 is 17.7 Å². The Bertz CT molecular complexity index is 551. The van der Waals surface area contributed by atoms with Crippen molar-refractivity contribution in [1.82, 2.24) is 0 Å². The molecule has 1 heterocycles. The van der Waals surface area contributed by atoms with Gasteiger partial charge in [-0.05, 0) is 12.5 Å². The van der Waals surface area contributed by atoms with Crippen molar-refractivity contribution in [2.45, 2.75) is 18.8 Å². The van der Waals surface area contributed by atoms with Crippen LogP contribution in [0, 0.1) is 6.92 Å². The minimum atomic E-state index is -4.71. The second-order valence-electron chi connectivity index (χ2n) is 3.79. The van der Waals surface area contributed by atoms with E-state index >= 15 is 0 Å². The zero-order valence-electron chi connectivity index (χ0n) is 9.27. The molecule has 0 amide bonds. The summed E-state index contributed by atoms with van der Waals surface area (Å²) in [6, 6.07) is 6.48. The molecule has 1 aliphatic heterocycles. The van der Waals surface area contributed by atoms with E-state index in [1.54, 1.807) is 25.1 Å². The molecule has 1 aromatic rings. The van der Waals surface area contributed by atoms with Gasteiger partial charge in [0.05, 0.1) is 0 Å². The molecule has 0 aromatic heterocycles. The van der Waals surface area contributed by atoms with Crippen LogP contribution in [0.5, 0.6) is 0 Å². The lowest BCUT2D eigenvalue weighted by molar-refractivity contribution is -0.112. The van der Waals surface area contributed by atoms with Gasteiger partial charge in [0.25, 0.3) is 11.5 Å². The molecule has 94 valence electrons. The Labute approximate surface area is 100 Å². The molecule has 0 spiro atoms. The number of alkyl halides is 3. The van der Waals surface area contributed by atoms with Crippen LogP contribution in [0.1, 0.15) is 11.1 Å². The quantitative estimate of drug-likeness (QED) is 0.749. The van der Waals surface area contributed by atoms with Crippen molar-refractivity contribution >= 4 is 12.1 Å². The largest absolute Gasteiger partial charge is 0.453 e. The summed E-state index contributed by atoms with van der Waals surface area (Å²) in [7, 11) is 0. The summed E-state index contributed by atoms with van der Waals surface area (Å²) in [6.07, 6.45) is -4.45. The van der Waals surface area contributed by atoms with Gasteiger partial charge in [-0.2, -0.15) is 13.2 Å². The molecule has 2 rings (SSSR count). The van der Waals surface area contributed by atoms with E-state index in [2.05, 4.69) is 15.2 Å². The first kappa shape index (κ1) is 12.4. The van der Waals surface area contributed by atoms with E-state index in [9.17, 15) is 18.0 Å². The highest BCUT2D eigenvalue weighted by molar-refractivity contribution is 5.92. The molecular formula is C11H8F3N3O. The van der Waals surface area contributed by atoms with E-state index in [0.29, 0.717) is 11.1 Å². The van der Waals surface area contributed by atoms with Gasteiger partial charge in [-0.25, -0.2) is 4.99 Å². The van der Waals surface area contributed by atoms with Gasteiger partial charge in [0, 0.05) is 5.56 Å². The maximum Gasteiger partial charge on any atom is 0.453 e. The molecule has 1 unspecified atom stereocenters. The van der Waals surface area contributed by atoms with E-state index in [4.69, 9.17) is 0 Å². The number of benzene rings is 1. The van der Waals surface area contributed by atoms with Crippen molar-refractivity contribution in [2.75, 3.05) is 0 Å². The second-order valence-corrected chi connectivity index (χ2v) is 3.79. The molecule has 18 heavy (non-hydrogen) atoms. The molecule has 0 N–H and O–H groups in total. The minimum absolute atomic E-state index is 0.261. The lowest BCUT2D eigenvalue weighted by Gasteiger charge is -2.16. The van der Waals surface area contributed by atoms with E-state index in [0.717, 1.165) is 0 Å². The lowest BCUT2D eigenvalue weighted by atomic mass is 9.97. The first-order valence-corrected chi connectivity index (χ1v) is 5.01. The predicted molar refractivity (Wildman–Crippen MR) is 57.3 cm³/mol. The van der Waals surface area contributed by atoms with Crippen molar-refractivity contribution < 1.29 is 18.0 Å². The standard InChI is InChI=1S/C11H8F3N3O/c1-7-4-2-3-5-8(7)10(6-18)15-9(16-17-10)11(12,13)14/h2-6H,1H3. The molecule has 1 aromatic carbocycles. The average Bonchev–Trinajstić information content (AvgIpc) is 2.75. The number of halogens is 3. The van der Waals surface area contributed by atoms with Gasteiger partial charge in [0.2, 0.25) is 0 Å². The Morgan fingerprint density at radius 3 is 2.44 bits per heavy atom. The van der Waals surface area contributed by atoms with Crippen LogP contribution in [0.4, 0.5) is 13.2 Å². The van der Waals surface area contributed by atoms with Gasteiger partial charge in [-0.15, -0.1) is 10.2 Å². The number of aryl methyl sites for hydroxylation is 1. The highest BCUT2D eigenvalue weighted by Crippen LogP contribution is 2.35. The Balaban J connectivity index is 2.55. The molecule has 0 radical (unpaired) electrons. The Morgan fingerprint density at radius 1 is 1.28 bits per heavy atom. The number of hydrogen-bond donors (Lipinski definition) is 0. The fraction of sp³-hybridized carbons (Fsp3) is 0.273. The van der Waals surface area contributed by atoms with E-state index in [1.807, 2.05) is 0 Å². The molecule has 0 saturated carbocycles. The van der Waals surface area contributed by atoms with Crippen molar-refractivity contribution in [3.63, 3.8) is 0 Å². The van der Waals surface area contributed by atoms with E-state index in [1.165, 1.54) is 6.07 Å². The number of aldehydes is 1. The molecule has 7 heteroatoms. The summed E-state index contributed by atoms with van der Waals surface area (Å²) in [5, 5.41) is 6.37. The number of rotatable bonds is 2. The van der Waals surface area contributed by atoms with Crippen LogP contribution < -0.4 is 0 Å². The molecule has 4 nitrogen and oxygen atoms in total. The molecule has 0 aliphatic carbocycles. The number of aliphatic imine (C=N–C) groups is 1. The summed E-state index contributed by atoms with van der Waals surface area (Å²) in [4.78, 5) is 14.5. The zero-order chi connectivity index (χ0) is 13.4. The predicted octanol–water partition coefficient (Wildman–Crippen LogP) is 2.77. The maximum atomic E-state index is 12.5. The SMILES string of the molecule is Cc1ccccc1C1(C=O)N=NC(C(F)(F)F)=N1. The van der Waals surface area contributed by atoms with Gasteiger partial charge in [0.15, 0.2) is 6.29 Å². The third kappa shape index (κ3) is 1.92. The summed E-state index contributed by atoms with van der Waals surface area (Å²) in [5.41, 5.74) is -0.991. The number of nitrogens with zero attached hydrogens (tertiary/aromatic N) is 3. The van der Waals surface area contributed by atoms with Gasteiger partial charge in [-0.3, -0.25) is 4.79 Å². The molecule has 0 bridgehead atoms. The van der Waals surface area contributed by atoms with Crippen molar-refractivity contribution in [3.05, 3.63) is 35.4 Å². The van der Waals surface area contributed by atoms with Crippen LogP contribution in [0.15, 0.2) is 39.5 Å². The molecule has 0 saturated heterocycles. The Morgan fingerprint density at radius 2 is 1.94 bits per heavy atom. The molecule has 1 atom stereocenters. The van der Waals surface area contributed by atoms with Gasteiger partial charge in [0.1, 0.15) is 0 Å². The van der Waals surface area contributed by atoms with Gasteiger partial charge >= 0.3 is 6.18 Å². The average molecular weight is 255 g/mol. The van der Waals surface area contributed by atoms with Crippen LogP contribution in [0.25, 0.3) is 0 Å². The number of hydrogen-bond acceptors (Lipinski definition) is 4. The van der Waals surface area contributed by atoms with E-state index in [-0.39, 0.29) is 6.29 Å². The normalized spacial score (nSPS) is 23.0. The first-order valence-electron chi connectivity index (χ1n) is 5.01. The fourth-order valence-corrected chi connectivity index (χ4v) is 1.66. The third-order valence-electron chi connectivity index (χ3n) is 2.53. The summed E-state index contributed by atoms with van der Waals surface area (Å²) in [5.74, 6) is -1.39. The van der Waals surface area contributed by atoms with Crippen molar-refractivity contribution in [3.8, 4) is 0 Å². The summed E-state index contributed by atoms with van der Waals surface area (Å²) in [6.45, 7) is 1.66. The fourth-order valence-electron chi connectivity index (χ4n) is 1.66. The molecule has 1 aliphatic rings. The lowest BCUT2D eigenvalue weighted by Crippen LogP contribution is -2.25. The van der Waals surface area contributed by atoms with Gasteiger partial charge < -0.3 is 0 Å². The summed E-state index contributed by atoms with van der Waals surface area (Å²) >= 11 is 0. The van der Waals surface area contributed by atoms with Crippen molar-refractivity contribution in [2.24, 2.45) is 15.2 Å². The number of carbonyl (C=O) groups is 1. The first-order chi connectivity index (χ1) is 8.39.